The smallest absolute Gasteiger partial charge is 0.347 e. The molecule has 0 amide bonds. The second-order valence-electron chi connectivity index (χ2n) is 4.55. The van der Waals surface area contributed by atoms with Gasteiger partial charge < -0.3 is 20.7 Å². The van der Waals surface area contributed by atoms with Gasteiger partial charge in [0.1, 0.15) is 0 Å². The van der Waals surface area contributed by atoms with Crippen molar-refractivity contribution in [3.8, 4) is 0 Å². The molecule has 7 heteroatoms. The Bertz CT molecular complexity index is 736. The number of hydrogen-bond donors (Lipinski definition) is 3. The first-order valence-electron chi connectivity index (χ1n) is 6.31. The predicted molar refractivity (Wildman–Crippen MR) is 76.4 cm³/mol. The van der Waals surface area contributed by atoms with Crippen molar-refractivity contribution in [1.29, 1.82) is 0 Å². The summed E-state index contributed by atoms with van der Waals surface area (Å²) >= 11 is 0. The Morgan fingerprint density at radius 3 is 2.23 bits per heavy atom. The summed E-state index contributed by atoms with van der Waals surface area (Å²) in [6.07, 6.45) is -1.97. The minimum Gasteiger partial charge on any atom is -0.480 e. The molecule has 7 nitrogen and oxygen atoms in total. The Labute approximate surface area is 124 Å². The average Bonchev–Trinajstić information content (AvgIpc) is 2.50. The molecule has 22 heavy (non-hydrogen) atoms. The number of esters is 1. The monoisotopic (exact) mass is 303 g/mol. The first-order valence-corrected chi connectivity index (χ1v) is 6.31. The first kappa shape index (κ1) is 15.5. The van der Waals surface area contributed by atoms with Crippen LogP contribution in [-0.4, -0.2) is 40.3 Å². The van der Waals surface area contributed by atoms with E-state index in [-0.39, 0.29) is 5.56 Å². The maximum atomic E-state index is 12.2. The topological polar surface area (TPSA) is 127 Å². The van der Waals surface area contributed by atoms with E-state index in [1.54, 1.807) is 36.4 Å². The molecule has 4 N–H and O–H groups in total. The number of rotatable bonds is 5. The van der Waals surface area contributed by atoms with Crippen LogP contribution in [0.1, 0.15) is 10.4 Å². The van der Waals surface area contributed by atoms with E-state index in [0.717, 1.165) is 5.39 Å². The first-order chi connectivity index (χ1) is 10.4. The molecule has 2 aromatic carbocycles. The van der Waals surface area contributed by atoms with Crippen molar-refractivity contribution < 1.29 is 29.3 Å². The van der Waals surface area contributed by atoms with Gasteiger partial charge in [-0.3, -0.25) is 4.79 Å². The highest BCUT2D eigenvalue weighted by Gasteiger charge is 2.34. The lowest BCUT2D eigenvalue weighted by Crippen LogP contribution is -2.48. The number of hydrogen-bond acceptors (Lipinski definition) is 5. The number of benzene rings is 2. The molecule has 0 saturated heterocycles. The van der Waals surface area contributed by atoms with Gasteiger partial charge in [-0.1, -0.05) is 36.4 Å². The van der Waals surface area contributed by atoms with Gasteiger partial charge in [0.15, 0.2) is 6.04 Å². The lowest BCUT2D eigenvalue weighted by Gasteiger charge is -2.17. The van der Waals surface area contributed by atoms with E-state index < -0.39 is 30.1 Å². The highest BCUT2D eigenvalue weighted by Crippen LogP contribution is 2.20. The molecule has 114 valence electrons. The van der Waals surface area contributed by atoms with E-state index >= 15 is 0 Å². The van der Waals surface area contributed by atoms with E-state index in [2.05, 4.69) is 0 Å². The number of ether oxygens (including phenoxy) is 1. The third-order valence-electron chi connectivity index (χ3n) is 3.10. The molecule has 2 aromatic rings. The van der Waals surface area contributed by atoms with Crippen molar-refractivity contribution in [2.45, 2.75) is 12.1 Å². The fourth-order valence-electron chi connectivity index (χ4n) is 1.99. The number of carboxylic acid groups (broad SMARTS) is 2. The number of fused-ring (bicyclic) bond motifs is 1. The highest BCUT2D eigenvalue weighted by atomic mass is 16.6. The predicted octanol–water partition coefficient (Wildman–Crippen LogP) is 0.862. The number of aliphatic carboxylic acids is 2. The summed E-state index contributed by atoms with van der Waals surface area (Å²) in [7, 11) is 0. The van der Waals surface area contributed by atoms with Gasteiger partial charge in [-0.2, -0.15) is 0 Å². The van der Waals surface area contributed by atoms with Crippen molar-refractivity contribution in [2.75, 3.05) is 0 Å². The molecule has 0 aliphatic carbocycles. The zero-order valence-corrected chi connectivity index (χ0v) is 11.3. The van der Waals surface area contributed by atoms with Crippen LogP contribution in [0.2, 0.25) is 0 Å². The summed E-state index contributed by atoms with van der Waals surface area (Å²) in [5, 5.41) is 19.1. The van der Waals surface area contributed by atoms with Crippen molar-refractivity contribution in [2.24, 2.45) is 5.73 Å². The van der Waals surface area contributed by atoms with E-state index in [0.29, 0.717) is 5.39 Å². The van der Waals surface area contributed by atoms with E-state index in [9.17, 15) is 14.4 Å². The van der Waals surface area contributed by atoms with Crippen LogP contribution < -0.4 is 5.73 Å². The molecule has 0 spiro atoms. The van der Waals surface area contributed by atoms with Gasteiger partial charge in [0.05, 0.1) is 5.56 Å². The van der Waals surface area contributed by atoms with Gasteiger partial charge in [0.2, 0.25) is 6.10 Å². The van der Waals surface area contributed by atoms with Crippen LogP contribution in [0.15, 0.2) is 42.5 Å². The summed E-state index contributed by atoms with van der Waals surface area (Å²) in [5.74, 6) is -4.14. The Hall–Kier alpha value is -2.93. The summed E-state index contributed by atoms with van der Waals surface area (Å²) in [5.41, 5.74) is 5.38. The van der Waals surface area contributed by atoms with Crippen LogP contribution in [0.3, 0.4) is 0 Å². The van der Waals surface area contributed by atoms with Gasteiger partial charge in [-0.15, -0.1) is 0 Å². The van der Waals surface area contributed by atoms with Crippen molar-refractivity contribution >= 4 is 28.7 Å². The molecule has 0 saturated carbocycles. The van der Waals surface area contributed by atoms with Crippen LogP contribution in [0.4, 0.5) is 0 Å². The zero-order chi connectivity index (χ0) is 16.3. The number of carbonyl (C=O) groups is 3. The van der Waals surface area contributed by atoms with E-state index in [1.807, 2.05) is 0 Å². The summed E-state index contributed by atoms with van der Waals surface area (Å²) < 4.78 is 4.78. The molecular weight excluding hydrogens is 290 g/mol. The second kappa shape index (κ2) is 6.23. The van der Waals surface area contributed by atoms with Gasteiger partial charge in [-0.25, -0.2) is 9.59 Å². The van der Waals surface area contributed by atoms with Crippen LogP contribution >= 0.6 is 0 Å². The third kappa shape index (κ3) is 3.04. The molecular formula is C15H13NO6. The Kier molecular flexibility index (Phi) is 4.38. The number of nitrogens with two attached hydrogens (primary N) is 1. The minimum absolute atomic E-state index is 0.141. The van der Waals surface area contributed by atoms with Gasteiger partial charge in [-0.05, 0) is 16.8 Å². The minimum atomic E-state index is -1.97. The van der Waals surface area contributed by atoms with Gasteiger partial charge >= 0.3 is 17.9 Å². The summed E-state index contributed by atoms with van der Waals surface area (Å²) in [6, 6.07) is 9.99. The fourth-order valence-corrected chi connectivity index (χ4v) is 1.99. The molecule has 0 fully saturated rings. The molecule has 0 aliphatic heterocycles. The van der Waals surface area contributed by atoms with Gasteiger partial charge in [0, 0.05) is 0 Å². The molecule has 0 aliphatic rings. The number of carboxylic acids is 2. The summed E-state index contributed by atoms with van der Waals surface area (Å²) in [4.78, 5) is 34.0. The SMILES string of the molecule is N[C@H](C(=O)O)[C@H](OC(=O)c1cccc2ccccc12)C(=O)O. The van der Waals surface area contributed by atoms with Crippen molar-refractivity contribution in [3.05, 3.63) is 48.0 Å². The van der Waals surface area contributed by atoms with Crippen LogP contribution in [-0.2, 0) is 14.3 Å². The summed E-state index contributed by atoms with van der Waals surface area (Å²) in [6.45, 7) is 0. The quantitative estimate of drug-likeness (QED) is 0.699. The second-order valence-corrected chi connectivity index (χ2v) is 4.55. The molecule has 0 aromatic heterocycles. The maximum absolute atomic E-state index is 12.2. The van der Waals surface area contributed by atoms with Crippen molar-refractivity contribution in [3.63, 3.8) is 0 Å². The Morgan fingerprint density at radius 2 is 1.59 bits per heavy atom. The zero-order valence-electron chi connectivity index (χ0n) is 11.3. The molecule has 0 heterocycles. The normalized spacial score (nSPS) is 13.3. The molecule has 2 atom stereocenters. The van der Waals surface area contributed by atoms with Crippen LogP contribution in [0.5, 0.6) is 0 Å². The average molecular weight is 303 g/mol. The van der Waals surface area contributed by atoms with Gasteiger partial charge in [0.25, 0.3) is 0 Å². The maximum Gasteiger partial charge on any atom is 0.347 e. The largest absolute Gasteiger partial charge is 0.480 e. The highest BCUT2D eigenvalue weighted by molar-refractivity contribution is 6.05. The third-order valence-corrected chi connectivity index (χ3v) is 3.10. The Morgan fingerprint density at radius 1 is 0.955 bits per heavy atom. The lowest BCUT2D eigenvalue weighted by molar-refractivity contribution is -0.155. The van der Waals surface area contributed by atoms with E-state index in [1.165, 1.54) is 6.07 Å². The Balaban J connectivity index is 2.34. The standard InChI is InChI=1S/C15H13NO6/c16-11(13(17)18)12(14(19)20)22-15(21)10-7-3-5-8-4-1-2-6-9(8)10/h1-7,11-12H,16H2,(H,17,18)(H,19,20)/t11-,12-/m0/s1. The molecule has 0 bridgehead atoms. The van der Waals surface area contributed by atoms with Crippen molar-refractivity contribution in [1.82, 2.24) is 0 Å². The van der Waals surface area contributed by atoms with Crippen LogP contribution in [0, 0.1) is 0 Å². The molecule has 0 unspecified atom stereocenters. The lowest BCUT2D eigenvalue weighted by atomic mass is 10.0. The molecule has 0 radical (unpaired) electrons. The molecule has 2 rings (SSSR count). The van der Waals surface area contributed by atoms with E-state index in [4.69, 9.17) is 20.7 Å². The fraction of sp³-hybridized carbons (Fsp3) is 0.133. The number of carbonyl (C=O) groups excluding carboxylic acids is 1. The van der Waals surface area contributed by atoms with Crippen LogP contribution in [0.25, 0.3) is 10.8 Å².